The lowest BCUT2D eigenvalue weighted by Gasteiger charge is -2.20. The van der Waals surface area contributed by atoms with E-state index in [1.807, 2.05) is 6.92 Å². The van der Waals surface area contributed by atoms with Crippen LogP contribution in [0.1, 0.15) is 34.1 Å². The number of hydrogen-bond acceptors (Lipinski definition) is 1. The molecule has 60 valence electrons. The van der Waals surface area contributed by atoms with Gasteiger partial charge in [0.25, 0.3) is 0 Å². The van der Waals surface area contributed by atoms with E-state index in [0.717, 1.165) is 6.42 Å². The summed E-state index contributed by atoms with van der Waals surface area (Å²) in [7, 11) is 0. The molecule has 0 aromatic heterocycles. The van der Waals surface area contributed by atoms with Gasteiger partial charge in [0, 0.05) is 5.92 Å². The van der Waals surface area contributed by atoms with E-state index in [0.29, 0.717) is 0 Å². The molecule has 0 saturated carbocycles. The summed E-state index contributed by atoms with van der Waals surface area (Å²) in [5, 5.41) is 0. The number of rotatable bonds is 2. The highest BCUT2D eigenvalue weighted by molar-refractivity contribution is 5.76. The van der Waals surface area contributed by atoms with Crippen LogP contribution in [-0.2, 0) is 4.79 Å². The molecule has 0 aromatic rings. The van der Waals surface area contributed by atoms with E-state index >= 15 is 0 Å². The molecule has 0 bridgehead atoms. The molecule has 2 heteroatoms. The molecule has 0 radical (unpaired) electrons. The fourth-order valence-corrected chi connectivity index (χ4v) is 1.02. The van der Waals surface area contributed by atoms with Gasteiger partial charge in [0.05, 0.1) is 0 Å². The number of primary amides is 1. The molecule has 0 spiro atoms. The Balaban J connectivity index is 3.80. The number of hydrogen-bond donors (Lipinski definition) is 1. The van der Waals surface area contributed by atoms with Gasteiger partial charge < -0.3 is 5.73 Å². The maximum atomic E-state index is 10.6. The summed E-state index contributed by atoms with van der Waals surface area (Å²) in [5.74, 6) is -0.199. The van der Waals surface area contributed by atoms with Crippen LogP contribution >= 0.6 is 0 Å². The van der Waals surface area contributed by atoms with Gasteiger partial charge in [-0.2, -0.15) is 0 Å². The zero-order valence-corrected chi connectivity index (χ0v) is 7.27. The van der Waals surface area contributed by atoms with Gasteiger partial charge in [0.2, 0.25) is 5.91 Å². The summed E-state index contributed by atoms with van der Waals surface area (Å²) < 4.78 is 0. The second kappa shape index (κ2) is 3.04. The summed E-state index contributed by atoms with van der Waals surface area (Å²) in [6, 6.07) is 0. The summed E-state index contributed by atoms with van der Waals surface area (Å²) in [6.45, 7) is 8.18. The van der Waals surface area contributed by atoms with E-state index in [1.54, 1.807) is 0 Å². The lowest BCUT2D eigenvalue weighted by molar-refractivity contribution is -0.122. The Kier molecular flexibility index (Phi) is 2.88. The molecule has 0 fully saturated rings. The molecule has 2 nitrogen and oxygen atoms in total. The largest absolute Gasteiger partial charge is 0.369 e. The van der Waals surface area contributed by atoms with Crippen molar-refractivity contribution < 1.29 is 4.79 Å². The molecule has 0 aliphatic heterocycles. The Hall–Kier alpha value is -0.530. The van der Waals surface area contributed by atoms with E-state index in [9.17, 15) is 4.79 Å². The molecule has 2 N–H and O–H groups in total. The molecule has 0 heterocycles. The van der Waals surface area contributed by atoms with Gasteiger partial charge in [-0.1, -0.05) is 27.7 Å². The predicted molar refractivity (Wildman–Crippen MR) is 42.4 cm³/mol. The van der Waals surface area contributed by atoms with Crippen LogP contribution < -0.4 is 5.73 Å². The first-order valence-electron chi connectivity index (χ1n) is 3.62. The van der Waals surface area contributed by atoms with Crippen molar-refractivity contribution >= 4 is 5.91 Å². The Bertz CT molecular complexity index is 124. The average molecular weight is 143 g/mol. The van der Waals surface area contributed by atoms with E-state index in [-0.39, 0.29) is 17.2 Å². The van der Waals surface area contributed by atoms with E-state index in [4.69, 9.17) is 5.73 Å². The Morgan fingerprint density at radius 2 is 1.90 bits per heavy atom. The van der Waals surface area contributed by atoms with Crippen molar-refractivity contribution in [1.29, 1.82) is 0 Å². The first-order chi connectivity index (χ1) is 4.33. The highest BCUT2D eigenvalue weighted by Gasteiger charge is 2.18. The van der Waals surface area contributed by atoms with Gasteiger partial charge in [-0.15, -0.1) is 0 Å². The van der Waals surface area contributed by atoms with Crippen molar-refractivity contribution in [2.24, 2.45) is 17.1 Å². The quantitative estimate of drug-likeness (QED) is 0.626. The van der Waals surface area contributed by atoms with Gasteiger partial charge >= 0.3 is 0 Å². The molecule has 0 aromatic carbocycles. The molecular weight excluding hydrogens is 126 g/mol. The lowest BCUT2D eigenvalue weighted by atomic mass is 9.85. The first-order valence-corrected chi connectivity index (χ1v) is 3.62. The van der Waals surface area contributed by atoms with Crippen LogP contribution in [0.5, 0.6) is 0 Å². The lowest BCUT2D eigenvalue weighted by Crippen LogP contribution is -2.24. The molecule has 0 saturated heterocycles. The number of carbonyl (C=O) groups is 1. The standard InChI is InChI=1S/C8H17NO/c1-6(7(9)10)5-8(2,3)4/h6H,5H2,1-4H3,(H2,9,10)/t6-/m0/s1. The van der Waals surface area contributed by atoms with Gasteiger partial charge in [0.15, 0.2) is 0 Å². The summed E-state index contributed by atoms with van der Waals surface area (Å²) >= 11 is 0. The summed E-state index contributed by atoms with van der Waals surface area (Å²) in [4.78, 5) is 10.6. The van der Waals surface area contributed by atoms with Crippen molar-refractivity contribution in [3.05, 3.63) is 0 Å². The van der Waals surface area contributed by atoms with Crippen LogP contribution in [-0.4, -0.2) is 5.91 Å². The Morgan fingerprint density at radius 1 is 1.50 bits per heavy atom. The molecule has 0 aliphatic rings. The minimum Gasteiger partial charge on any atom is -0.369 e. The topological polar surface area (TPSA) is 43.1 Å². The van der Waals surface area contributed by atoms with Crippen molar-refractivity contribution in [2.75, 3.05) is 0 Å². The van der Waals surface area contributed by atoms with Crippen LogP contribution in [0.2, 0.25) is 0 Å². The maximum Gasteiger partial charge on any atom is 0.220 e. The zero-order valence-electron chi connectivity index (χ0n) is 7.27. The van der Waals surface area contributed by atoms with Crippen LogP contribution in [0, 0.1) is 11.3 Å². The number of carbonyl (C=O) groups excluding carboxylic acids is 1. The molecule has 0 aliphatic carbocycles. The molecule has 1 atom stereocenters. The van der Waals surface area contributed by atoms with E-state index in [1.165, 1.54) is 0 Å². The average Bonchev–Trinajstić information content (AvgIpc) is 1.60. The third-order valence-electron chi connectivity index (χ3n) is 1.40. The zero-order chi connectivity index (χ0) is 8.36. The smallest absolute Gasteiger partial charge is 0.220 e. The highest BCUT2D eigenvalue weighted by Crippen LogP contribution is 2.23. The Labute approximate surface area is 62.8 Å². The first kappa shape index (κ1) is 9.47. The van der Waals surface area contributed by atoms with Gasteiger partial charge in [-0.25, -0.2) is 0 Å². The normalized spacial score (nSPS) is 14.8. The molecule has 1 amide bonds. The number of amides is 1. The van der Waals surface area contributed by atoms with Crippen molar-refractivity contribution in [1.82, 2.24) is 0 Å². The minimum absolute atomic E-state index is 0.000000000000000222. The van der Waals surface area contributed by atoms with E-state index < -0.39 is 0 Å². The molecule has 0 unspecified atom stereocenters. The minimum atomic E-state index is -0.199. The second-order valence-electron chi connectivity index (χ2n) is 4.07. The van der Waals surface area contributed by atoms with Crippen LogP contribution in [0.15, 0.2) is 0 Å². The highest BCUT2D eigenvalue weighted by atomic mass is 16.1. The SMILES string of the molecule is C[C@@H](CC(C)(C)C)C(N)=O. The molecule has 0 rings (SSSR count). The van der Waals surface area contributed by atoms with Gasteiger partial charge in [0.1, 0.15) is 0 Å². The summed E-state index contributed by atoms with van der Waals surface area (Å²) in [5.41, 5.74) is 5.31. The van der Waals surface area contributed by atoms with Crippen LogP contribution in [0.3, 0.4) is 0 Å². The maximum absolute atomic E-state index is 10.6. The fraction of sp³-hybridized carbons (Fsp3) is 0.875. The van der Waals surface area contributed by atoms with Crippen molar-refractivity contribution in [3.8, 4) is 0 Å². The summed E-state index contributed by atoms with van der Waals surface area (Å²) in [6.07, 6.45) is 0.863. The van der Waals surface area contributed by atoms with Gasteiger partial charge in [-0.05, 0) is 11.8 Å². The van der Waals surface area contributed by atoms with Crippen LogP contribution in [0.4, 0.5) is 0 Å². The van der Waals surface area contributed by atoms with Crippen molar-refractivity contribution in [3.63, 3.8) is 0 Å². The number of nitrogens with two attached hydrogens (primary N) is 1. The molecule has 10 heavy (non-hydrogen) atoms. The Morgan fingerprint density at radius 3 is 2.00 bits per heavy atom. The third kappa shape index (κ3) is 4.36. The van der Waals surface area contributed by atoms with Gasteiger partial charge in [-0.3, -0.25) is 4.79 Å². The monoisotopic (exact) mass is 143 g/mol. The third-order valence-corrected chi connectivity index (χ3v) is 1.40. The van der Waals surface area contributed by atoms with Crippen molar-refractivity contribution in [2.45, 2.75) is 34.1 Å². The predicted octanol–water partition coefficient (Wildman–Crippen LogP) is 1.54. The van der Waals surface area contributed by atoms with Crippen LogP contribution in [0.25, 0.3) is 0 Å². The second-order valence-corrected chi connectivity index (χ2v) is 4.07. The van der Waals surface area contributed by atoms with E-state index in [2.05, 4.69) is 20.8 Å². The molecular formula is C8H17NO. The fourth-order valence-electron chi connectivity index (χ4n) is 1.02.